The molecule has 0 amide bonds. The molecule has 0 bridgehead atoms. The second-order valence-electron chi connectivity index (χ2n) is 20.8. The highest BCUT2D eigenvalue weighted by Gasteiger charge is 2.45. The lowest BCUT2D eigenvalue weighted by Gasteiger charge is -2.41. The van der Waals surface area contributed by atoms with Crippen molar-refractivity contribution in [1.82, 2.24) is 0 Å². The van der Waals surface area contributed by atoms with E-state index < -0.39 is 124 Å². The Hall–Kier alpha value is 2.56. The molecule has 0 aromatic rings. The molecule has 0 aromatic heterocycles. The Balaban J connectivity index is 1.47. The van der Waals surface area contributed by atoms with E-state index in [0.717, 1.165) is 66.5 Å². The average Bonchev–Trinajstić information content (AvgIpc) is 3.00. The highest BCUT2D eigenvalue weighted by atomic mass is 28.5. The zero-order valence-electron chi connectivity index (χ0n) is 40.8. The van der Waals surface area contributed by atoms with E-state index >= 15 is 0 Å². The van der Waals surface area contributed by atoms with Crippen molar-refractivity contribution >= 4 is 124 Å². The third-order valence-corrected chi connectivity index (χ3v) is 58.4. The van der Waals surface area contributed by atoms with Crippen molar-refractivity contribution in [3.8, 4) is 0 Å². The summed E-state index contributed by atoms with van der Waals surface area (Å²) in [6.07, 6.45) is 0.578. The van der Waals surface area contributed by atoms with Crippen molar-refractivity contribution < 1.29 is 50.3 Å². The summed E-state index contributed by atoms with van der Waals surface area (Å²) >= 11 is 0. The van der Waals surface area contributed by atoms with Gasteiger partial charge in [0.2, 0.25) is 0 Å². The Bertz CT molecular complexity index is 1220. The van der Waals surface area contributed by atoms with Crippen molar-refractivity contribution in [3.63, 3.8) is 0 Å². The van der Waals surface area contributed by atoms with Crippen molar-refractivity contribution in [2.24, 2.45) is 0 Å². The van der Waals surface area contributed by atoms with Crippen LogP contribution in [0.15, 0.2) is 0 Å². The lowest BCUT2D eigenvalue weighted by atomic mass is 10.5. The summed E-state index contributed by atoms with van der Waals surface area (Å²) in [4.78, 5) is 0. The van der Waals surface area contributed by atoms with Crippen molar-refractivity contribution in [2.45, 2.75) is 210 Å². The highest BCUT2D eigenvalue weighted by Crippen LogP contribution is 2.34. The Morgan fingerprint density at radius 3 is 1.31 bits per heavy atom. The van der Waals surface area contributed by atoms with Gasteiger partial charge in [-0.3, -0.25) is 0 Å². The molecule has 3 rings (SSSR count). The molecule has 59 heavy (non-hydrogen) atoms. The Morgan fingerprint density at radius 1 is 0.525 bits per heavy atom. The van der Waals surface area contributed by atoms with Crippen LogP contribution >= 0.6 is 0 Å². The first-order valence-electron chi connectivity index (χ1n) is 22.6. The molecule has 3 aliphatic heterocycles. The second-order valence-corrected chi connectivity index (χ2v) is 64.0. The monoisotopic (exact) mass is 1070 g/mol. The smallest absolute Gasteiger partial charge is 0.374 e. The summed E-state index contributed by atoms with van der Waals surface area (Å²) < 4.78 is 80.0. The molecule has 3 radical (unpaired) electrons. The summed E-state index contributed by atoms with van der Waals surface area (Å²) in [5.74, 6) is 0. The SMILES string of the molecule is CC1C[SiH](C)O[SiH](C)O[Si](CC[Si](C)(C)O[Si](C)(C)CC[Si]2OC(C)C[Si](C)(CC[Si](C)(C)O[Si](C)(C)O[Si](C)(C)CC[Si]3OC(C)C[SiH](C)O[SiH](C)O3)O[SiH](C)O2)O1. The molecule has 3 heterocycles. The minimum atomic E-state index is -2.38. The van der Waals surface area contributed by atoms with Crippen molar-refractivity contribution in [1.29, 1.82) is 0 Å². The molecule has 0 aliphatic carbocycles. The molecule has 0 spiro atoms. The third kappa shape index (κ3) is 22.7. The Morgan fingerprint density at radius 2 is 0.881 bits per heavy atom. The van der Waals surface area contributed by atoms with E-state index in [1.807, 2.05) is 0 Å². The standard InChI is InChI=1S/C33H87O12Si14/c1-31-28-46(4)37-48(6)39-51(34-31)20-23-54(9,10)43-55(11,12)24-21-53-36-33(3)30-59(19,42-50(8)41-53)27-26-57(15,16)45-58(17,18)44-56(13,14)25-22-52-35-32(2)29-47(5)38-49(7)40-52/h31-33,46-50H,20-30H2,1-19H3. The van der Waals surface area contributed by atoms with Crippen LogP contribution in [0.4, 0.5) is 0 Å². The van der Waals surface area contributed by atoms with Gasteiger partial charge in [-0.15, -0.1) is 0 Å². The first-order valence-corrected chi connectivity index (χ1v) is 56.4. The molecule has 3 saturated heterocycles. The summed E-state index contributed by atoms with van der Waals surface area (Å²) in [5.41, 5.74) is 0. The normalized spacial score (nSPS) is 32.8. The molecule has 9 unspecified atom stereocenters. The Kier molecular flexibility index (Phi) is 22.8. The van der Waals surface area contributed by atoms with Gasteiger partial charge < -0.3 is 50.3 Å². The molecular weight excluding hydrogens is 982 g/mol. The van der Waals surface area contributed by atoms with E-state index in [4.69, 9.17) is 50.3 Å². The van der Waals surface area contributed by atoms with E-state index in [0.29, 0.717) is 0 Å². The molecule has 0 N–H and O–H groups in total. The maximum Gasteiger partial charge on any atom is 0.374 e. The lowest BCUT2D eigenvalue weighted by molar-refractivity contribution is 0.181. The zero-order valence-corrected chi connectivity index (χ0v) is 55.6. The molecular formula is C33H87O12Si14. The van der Waals surface area contributed by atoms with E-state index in [2.05, 4.69) is 126 Å². The van der Waals surface area contributed by atoms with Crippen molar-refractivity contribution in [3.05, 3.63) is 0 Å². The first-order chi connectivity index (χ1) is 26.9. The number of hydrogen-bond donors (Lipinski definition) is 0. The maximum absolute atomic E-state index is 7.10. The summed E-state index contributed by atoms with van der Waals surface area (Å²) in [5, 5.41) is 0. The van der Waals surface area contributed by atoms with Crippen LogP contribution in [0.5, 0.6) is 0 Å². The molecule has 0 saturated carbocycles. The van der Waals surface area contributed by atoms with E-state index in [9.17, 15) is 0 Å². The number of rotatable bonds is 18. The summed E-state index contributed by atoms with van der Waals surface area (Å²) in [6.45, 7) is 43.5. The van der Waals surface area contributed by atoms with Crippen LogP contribution in [0.25, 0.3) is 0 Å². The summed E-state index contributed by atoms with van der Waals surface area (Å²) in [6, 6.07) is 11.3. The predicted molar refractivity (Wildman–Crippen MR) is 276 cm³/mol. The van der Waals surface area contributed by atoms with Crippen LogP contribution in [0.1, 0.15) is 20.8 Å². The van der Waals surface area contributed by atoms with Gasteiger partial charge >= 0.3 is 36.4 Å². The van der Waals surface area contributed by atoms with Crippen LogP contribution in [0, 0.1) is 0 Å². The summed E-state index contributed by atoms with van der Waals surface area (Å²) in [7, 11) is -24.0. The molecule has 12 nitrogen and oxygen atoms in total. The van der Waals surface area contributed by atoms with E-state index in [-0.39, 0.29) is 18.3 Å². The molecule has 26 heteroatoms. The van der Waals surface area contributed by atoms with E-state index in [1.165, 1.54) is 0 Å². The molecule has 347 valence electrons. The molecule has 0 aromatic carbocycles. The second kappa shape index (κ2) is 24.0. The number of hydrogen-bond acceptors (Lipinski definition) is 12. The van der Waals surface area contributed by atoms with E-state index in [1.54, 1.807) is 0 Å². The van der Waals surface area contributed by atoms with Gasteiger partial charge in [-0.1, -0.05) is 0 Å². The Labute approximate surface area is 381 Å². The topological polar surface area (TPSA) is 111 Å². The fourth-order valence-corrected chi connectivity index (χ4v) is 66.8. The minimum Gasteiger partial charge on any atom is -0.456 e. The lowest BCUT2D eigenvalue weighted by Crippen LogP contribution is -2.54. The van der Waals surface area contributed by atoms with Gasteiger partial charge in [0.25, 0.3) is 27.9 Å². The van der Waals surface area contributed by atoms with Gasteiger partial charge in [0, 0.05) is 18.3 Å². The zero-order chi connectivity index (χ0) is 44.6. The maximum atomic E-state index is 7.10. The van der Waals surface area contributed by atoms with Gasteiger partial charge in [-0.2, -0.15) is 0 Å². The van der Waals surface area contributed by atoms with Gasteiger partial charge in [0.05, 0.1) is 0 Å². The van der Waals surface area contributed by atoms with Gasteiger partial charge in [-0.25, -0.2) is 0 Å². The van der Waals surface area contributed by atoms with Crippen LogP contribution in [-0.4, -0.2) is 142 Å². The van der Waals surface area contributed by atoms with Gasteiger partial charge in [0.1, 0.15) is 0 Å². The first kappa shape index (κ1) is 55.9. The quantitative estimate of drug-likeness (QED) is 0.124. The minimum absolute atomic E-state index is 0.125. The van der Waals surface area contributed by atoms with Crippen molar-refractivity contribution in [2.75, 3.05) is 0 Å². The van der Waals surface area contributed by atoms with Crippen LogP contribution < -0.4 is 0 Å². The molecule has 9 atom stereocenters. The third-order valence-electron chi connectivity index (χ3n) is 10.9. The average molecular weight is 1070 g/mol. The highest BCUT2D eigenvalue weighted by molar-refractivity contribution is 6.89. The van der Waals surface area contributed by atoms with Gasteiger partial charge in [0.15, 0.2) is 59.7 Å². The van der Waals surface area contributed by atoms with Crippen LogP contribution in [0.3, 0.4) is 0 Å². The van der Waals surface area contributed by atoms with Crippen LogP contribution in [-0.2, 0) is 50.3 Å². The van der Waals surface area contributed by atoms with Crippen LogP contribution in [0.2, 0.25) is 171 Å². The molecule has 3 fully saturated rings. The fraction of sp³-hybridized carbons (Fsp3) is 1.00. The van der Waals surface area contributed by atoms with Gasteiger partial charge in [-0.05, 0) is 192 Å². The predicted octanol–water partition coefficient (Wildman–Crippen LogP) is 8.21. The fourth-order valence-electron chi connectivity index (χ4n) is 8.88. The molecule has 3 aliphatic rings. The largest absolute Gasteiger partial charge is 0.456 e.